The number of hydrogen-bond acceptors (Lipinski definition) is 4. The molecule has 0 saturated heterocycles. The SMILES string of the molecule is N#C[C@H](COCc1ccccc1)NC(=O)OCC1c2ccccc2-c2ccccc21. The fourth-order valence-corrected chi connectivity index (χ4v) is 3.76. The summed E-state index contributed by atoms with van der Waals surface area (Å²) in [6.07, 6.45) is -0.619. The molecule has 1 N–H and O–H groups in total. The Morgan fingerprint density at radius 1 is 0.933 bits per heavy atom. The van der Waals surface area contributed by atoms with Crippen LogP contribution in [-0.2, 0) is 16.1 Å². The van der Waals surface area contributed by atoms with Gasteiger partial charge in [-0.05, 0) is 27.8 Å². The van der Waals surface area contributed by atoms with Crippen LogP contribution in [0.15, 0.2) is 78.9 Å². The van der Waals surface area contributed by atoms with Gasteiger partial charge in [0, 0.05) is 5.92 Å². The molecule has 0 saturated carbocycles. The molecule has 0 fully saturated rings. The molecule has 1 atom stereocenters. The Kier molecular flexibility index (Phi) is 6.07. The van der Waals surface area contributed by atoms with Crippen molar-refractivity contribution in [3.8, 4) is 17.2 Å². The summed E-state index contributed by atoms with van der Waals surface area (Å²) in [7, 11) is 0. The molecule has 0 heterocycles. The van der Waals surface area contributed by atoms with Crippen LogP contribution >= 0.6 is 0 Å². The summed E-state index contributed by atoms with van der Waals surface area (Å²) in [5, 5.41) is 11.9. The minimum Gasteiger partial charge on any atom is -0.449 e. The average Bonchev–Trinajstić information content (AvgIpc) is 3.11. The van der Waals surface area contributed by atoms with Gasteiger partial charge in [0.2, 0.25) is 0 Å². The summed E-state index contributed by atoms with van der Waals surface area (Å²) in [6.45, 7) is 0.684. The highest BCUT2D eigenvalue weighted by atomic mass is 16.5. The Balaban J connectivity index is 1.31. The first-order chi connectivity index (χ1) is 14.8. The molecule has 1 aliphatic rings. The number of carbonyl (C=O) groups excluding carboxylic acids is 1. The number of fused-ring (bicyclic) bond motifs is 3. The monoisotopic (exact) mass is 398 g/mol. The molecule has 0 aromatic heterocycles. The van der Waals surface area contributed by atoms with Crippen LogP contribution in [0.1, 0.15) is 22.6 Å². The zero-order valence-electron chi connectivity index (χ0n) is 16.5. The van der Waals surface area contributed by atoms with Crippen molar-refractivity contribution in [2.75, 3.05) is 13.2 Å². The molecule has 0 aliphatic heterocycles. The maximum atomic E-state index is 12.3. The van der Waals surface area contributed by atoms with E-state index in [-0.39, 0.29) is 19.1 Å². The van der Waals surface area contributed by atoms with E-state index in [0.717, 1.165) is 16.7 Å². The Morgan fingerprint density at radius 3 is 2.17 bits per heavy atom. The zero-order valence-corrected chi connectivity index (χ0v) is 16.5. The van der Waals surface area contributed by atoms with Gasteiger partial charge in [0.15, 0.2) is 0 Å². The molecule has 3 aromatic carbocycles. The largest absolute Gasteiger partial charge is 0.449 e. The lowest BCUT2D eigenvalue weighted by Crippen LogP contribution is -2.38. The molecular formula is C25H22N2O3. The molecular weight excluding hydrogens is 376 g/mol. The smallest absolute Gasteiger partial charge is 0.408 e. The topological polar surface area (TPSA) is 71.3 Å². The van der Waals surface area contributed by atoms with Crippen molar-refractivity contribution < 1.29 is 14.3 Å². The lowest BCUT2D eigenvalue weighted by Gasteiger charge is -2.16. The number of nitrogens with zero attached hydrogens (tertiary/aromatic N) is 1. The van der Waals surface area contributed by atoms with Crippen molar-refractivity contribution >= 4 is 6.09 Å². The van der Waals surface area contributed by atoms with Gasteiger partial charge in [-0.2, -0.15) is 5.26 Å². The van der Waals surface area contributed by atoms with E-state index >= 15 is 0 Å². The third-order valence-corrected chi connectivity index (χ3v) is 5.19. The Hall–Kier alpha value is -3.62. The van der Waals surface area contributed by atoms with Crippen molar-refractivity contribution in [1.82, 2.24) is 5.32 Å². The second-order valence-electron chi connectivity index (χ2n) is 7.15. The Labute approximate surface area is 175 Å². The van der Waals surface area contributed by atoms with Crippen LogP contribution in [0.3, 0.4) is 0 Å². The number of rotatable bonds is 7. The fraction of sp³-hybridized carbons (Fsp3) is 0.200. The van der Waals surface area contributed by atoms with Gasteiger partial charge in [-0.1, -0.05) is 78.9 Å². The number of nitriles is 1. The molecule has 0 radical (unpaired) electrons. The number of benzene rings is 3. The van der Waals surface area contributed by atoms with Gasteiger partial charge in [-0.25, -0.2) is 4.79 Å². The van der Waals surface area contributed by atoms with Crippen molar-refractivity contribution in [3.05, 3.63) is 95.6 Å². The van der Waals surface area contributed by atoms with E-state index in [4.69, 9.17) is 9.47 Å². The Bertz CT molecular complexity index is 1010. The third kappa shape index (κ3) is 4.35. The predicted molar refractivity (Wildman–Crippen MR) is 114 cm³/mol. The standard InChI is InChI=1S/C25H22N2O3/c26-14-19(16-29-15-18-8-2-1-3-9-18)27-25(28)30-17-24-22-12-6-4-10-20(22)21-11-5-7-13-23(21)24/h1-13,19,24H,15-17H2,(H,27,28)/t19-/m1/s1. The van der Waals surface area contributed by atoms with Crippen molar-refractivity contribution in [1.29, 1.82) is 5.26 Å². The zero-order chi connectivity index (χ0) is 20.8. The van der Waals surface area contributed by atoms with Crippen molar-refractivity contribution in [2.45, 2.75) is 18.6 Å². The molecule has 30 heavy (non-hydrogen) atoms. The summed E-state index contributed by atoms with van der Waals surface area (Å²) >= 11 is 0. The van der Waals surface area contributed by atoms with E-state index in [2.05, 4.69) is 29.6 Å². The fourth-order valence-electron chi connectivity index (χ4n) is 3.76. The molecule has 4 rings (SSSR count). The second-order valence-corrected chi connectivity index (χ2v) is 7.15. The maximum Gasteiger partial charge on any atom is 0.408 e. The predicted octanol–water partition coefficient (Wildman–Crippen LogP) is 4.63. The van der Waals surface area contributed by atoms with E-state index < -0.39 is 12.1 Å². The molecule has 5 heteroatoms. The Morgan fingerprint density at radius 2 is 1.53 bits per heavy atom. The van der Waals surface area contributed by atoms with Crippen LogP contribution in [0.25, 0.3) is 11.1 Å². The van der Waals surface area contributed by atoms with Crippen LogP contribution < -0.4 is 5.32 Å². The summed E-state index contributed by atoms with van der Waals surface area (Å²) in [6, 6.07) is 27.3. The normalized spacial score (nSPS) is 13.0. The second kappa shape index (κ2) is 9.25. The number of amides is 1. The quantitative estimate of drug-likeness (QED) is 0.630. The first kappa shape index (κ1) is 19.7. The van der Waals surface area contributed by atoms with Crippen LogP contribution in [-0.4, -0.2) is 25.3 Å². The van der Waals surface area contributed by atoms with E-state index in [9.17, 15) is 10.1 Å². The highest BCUT2D eigenvalue weighted by molar-refractivity contribution is 5.79. The van der Waals surface area contributed by atoms with E-state index in [1.165, 1.54) is 11.1 Å². The minimum atomic E-state index is -0.774. The summed E-state index contributed by atoms with van der Waals surface area (Å²) in [4.78, 5) is 12.3. The van der Waals surface area contributed by atoms with E-state index in [0.29, 0.717) is 6.61 Å². The van der Waals surface area contributed by atoms with Gasteiger partial charge >= 0.3 is 6.09 Å². The highest BCUT2D eigenvalue weighted by Crippen LogP contribution is 2.44. The molecule has 3 aromatic rings. The molecule has 0 bridgehead atoms. The summed E-state index contributed by atoms with van der Waals surface area (Å²) in [5.74, 6) is -0.0157. The van der Waals surface area contributed by atoms with Gasteiger partial charge in [-0.15, -0.1) is 0 Å². The third-order valence-electron chi connectivity index (χ3n) is 5.19. The van der Waals surface area contributed by atoms with Crippen LogP contribution in [0.5, 0.6) is 0 Å². The number of nitrogens with one attached hydrogen (secondary N) is 1. The summed E-state index contributed by atoms with van der Waals surface area (Å²) in [5.41, 5.74) is 5.65. The van der Waals surface area contributed by atoms with Gasteiger partial charge < -0.3 is 14.8 Å². The van der Waals surface area contributed by atoms with E-state index in [1.54, 1.807) is 0 Å². The number of ether oxygens (including phenoxy) is 2. The number of hydrogen-bond donors (Lipinski definition) is 1. The highest BCUT2D eigenvalue weighted by Gasteiger charge is 2.29. The van der Waals surface area contributed by atoms with Crippen LogP contribution in [0, 0.1) is 11.3 Å². The van der Waals surface area contributed by atoms with Crippen molar-refractivity contribution in [2.24, 2.45) is 0 Å². The lowest BCUT2D eigenvalue weighted by molar-refractivity contribution is 0.100. The molecule has 1 aliphatic carbocycles. The van der Waals surface area contributed by atoms with Gasteiger partial charge in [-0.3, -0.25) is 0 Å². The van der Waals surface area contributed by atoms with Gasteiger partial charge in [0.25, 0.3) is 0 Å². The first-order valence-corrected chi connectivity index (χ1v) is 9.89. The maximum absolute atomic E-state index is 12.3. The first-order valence-electron chi connectivity index (χ1n) is 9.89. The van der Waals surface area contributed by atoms with Gasteiger partial charge in [0.05, 0.1) is 19.3 Å². The van der Waals surface area contributed by atoms with E-state index in [1.807, 2.05) is 60.7 Å². The van der Waals surface area contributed by atoms with Crippen LogP contribution in [0.4, 0.5) is 4.79 Å². The van der Waals surface area contributed by atoms with Gasteiger partial charge in [0.1, 0.15) is 12.6 Å². The molecule has 0 unspecified atom stereocenters. The molecule has 150 valence electrons. The molecule has 1 amide bonds. The summed E-state index contributed by atoms with van der Waals surface area (Å²) < 4.78 is 11.0. The average molecular weight is 398 g/mol. The number of alkyl carbamates (subject to hydrolysis) is 1. The minimum absolute atomic E-state index is 0.0157. The molecule has 5 nitrogen and oxygen atoms in total. The molecule has 0 spiro atoms. The van der Waals surface area contributed by atoms with Crippen LogP contribution in [0.2, 0.25) is 0 Å². The van der Waals surface area contributed by atoms with Crippen molar-refractivity contribution in [3.63, 3.8) is 0 Å². The number of carbonyl (C=O) groups is 1. The lowest BCUT2D eigenvalue weighted by atomic mass is 9.98.